The van der Waals surface area contributed by atoms with Crippen molar-refractivity contribution < 1.29 is 14.6 Å². The van der Waals surface area contributed by atoms with Crippen LogP contribution in [0.1, 0.15) is 52.9 Å². The normalized spacial score (nSPS) is 35.0. The molecule has 1 heterocycles. The molecule has 0 aromatic rings. The lowest BCUT2D eigenvalue weighted by molar-refractivity contribution is -0.146. The van der Waals surface area contributed by atoms with Crippen LogP contribution in [-0.2, 0) is 9.53 Å². The highest BCUT2D eigenvalue weighted by Crippen LogP contribution is 2.44. The fourth-order valence-electron chi connectivity index (χ4n) is 4.08. The number of carboxylic acid groups (broad SMARTS) is 1. The zero-order chi connectivity index (χ0) is 15.6. The maximum Gasteiger partial charge on any atom is 0.308 e. The van der Waals surface area contributed by atoms with Gasteiger partial charge in [-0.15, -0.1) is 0 Å². The van der Waals surface area contributed by atoms with E-state index in [0.29, 0.717) is 11.3 Å². The highest BCUT2D eigenvalue weighted by Gasteiger charge is 2.43. The zero-order valence-corrected chi connectivity index (χ0v) is 14.0. The maximum absolute atomic E-state index is 11.6. The molecule has 1 aliphatic carbocycles. The molecule has 0 radical (unpaired) electrons. The van der Waals surface area contributed by atoms with E-state index in [-0.39, 0.29) is 18.1 Å². The average Bonchev–Trinajstić information content (AvgIpc) is 2.95. The number of rotatable bonds is 5. The number of ether oxygens (including phenoxy) is 1. The Balaban J connectivity index is 2.10. The lowest BCUT2D eigenvalue weighted by atomic mass is 9.65. The molecule has 0 bridgehead atoms. The van der Waals surface area contributed by atoms with Crippen molar-refractivity contribution in [2.24, 2.45) is 17.3 Å². The molecule has 4 atom stereocenters. The number of hydrogen-bond acceptors (Lipinski definition) is 3. The first-order valence-electron chi connectivity index (χ1n) is 8.38. The SMILES string of the molecule is CCC(C)(C)C1CCC(C(=O)O)C(N2CCC(OC)C2)C1. The molecule has 2 rings (SSSR count). The zero-order valence-electron chi connectivity index (χ0n) is 14.0. The lowest BCUT2D eigenvalue weighted by Gasteiger charge is -2.45. The summed E-state index contributed by atoms with van der Waals surface area (Å²) in [4.78, 5) is 14.0. The molecule has 0 aromatic carbocycles. The minimum atomic E-state index is -0.617. The molecule has 1 saturated carbocycles. The van der Waals surface area contributed by atoms with E-state index in [1.807, 2.05) is 0 Å². The van der Waals surface area contributed by atoms with E-state index in [1.54, 1.807) is 7.11 Å². The van der Waals surface area contributed by atoms with Crippen LogP contribution in [0.3, 0.4) is 0 Å². The number of likely N-dealkylation sites (tertiary alicyclic amines) is 1. The lowest BCUT2D eigenvalue weighted by Crippen LogP contribution is -2.48. The smallest absolute Gasteiger partial charge is 0.308 e. The fraction of sp³-hybridized carbons (Fsp3) is 0.941. The first-order chi connectivity index (χ1) is 9.89. The molecule has 1 N–H and O–H groups in total. The molecule has 0 amide bonds. The average molecular weight is 297 g/mol. The molecule has 1 saturated heterocycles. The van der Waals surface area contributed by atoms with Gasteiger partial charge in [0.2, 0.25) is 0 Å². The largest absolute Gasteiger partial charge is 0.481 e. The molecule has 0 spiro atoms. The second kappa shape index (κ2) is 6.66. The summed E-state index contributed by atoms with van der Waals surface area (Å²) in [6.45, 7) is 8.78. The van der Waals surface area contributed by atoms with Crippen LogP contribution >= 0.6 is 0 Å². The van der Waals surface area contributed by atoms with Gasteiger partial charge in [0.25, 0.3) is 0 Å². The van der Waals surface area contributed by atoms with E-state index in [4.69, 9.17) is 4.74 Å². The second-order valence-corrected chi connectivity index (χ2v) is 7.51. The van der Waals surface area contributed by atoms with Crippen molar-refractivity contribution in [3.05, 3.63) is 0 Å². The summed E-state index contributed by atoms with van der Waals surface area (Å²) in [5, 5.41) is 9.58. The van der Waals surface area contributed by atoms with Crippen molar-refractivity contribution >= 4 is 5.97 Å². The number of nitrogens with zero attached hydrogens (tertiary/aromatic N) is 1. The predicted molar refractivity (Wildman–Crippen MR) is 83.3 cm³/mol. The van der Waals surface area contributed by atoms with Gasteiger partial charge in [-0.2, -0.15) is 0 Å². The van der Waals surface area contributed by atoms with Crippen molar-refractivity contribution in [1.29, 1.82) is 0 Å². The summed E-state index contributed by atoms with van der Waals surface area (Å²) in [7, 11) is 1.76. The Morgan fingerprint density at radius 1 is 1.33 bits per heavy atom. The van der Waals surface area contributed by atoms with Crippen LogP contribution in [0.2, 0.25) is 0 Å². The minimum Gasteiger partial charge on any atom is -0.481 e. The van der Waals surface area contributed by atoms with Crippen LogP contribution in [0.4, 0.5) is 0 Å². The van der Waals surface area contributed by atoms with E-state index in [2.05, 4.69) is 25.7 Å². The third kappa shape index (κ3) is 3.59. The minimum absolute atomic E-state index is 0.187. The van der Waals surface area contributed by atoms with E-state index in [0.717, 1.165) is 45.2 Å². The quantitative estimate of drug-likeness (QED) is 0.847. The molecule has 122 valence electrons. The van der Waals surface area contributed by atoms with E-state index in [1.165, 1.54) is 0 Å². The molecule has 21 heavy (non-hydrogen) atoms. The molecule has 1 aliphatic heterocycles. The van der Waals surface area contributed by atoms with Crippen molar-refractivity contribution in [3.8, 4) is 0 Å². The summed E-state index contributed by atoms with van der Waals surface area (Å²) >= 11 is 0. The van der Waals surface area contributed by atoms with Gasteiger partial charge in [0.1, 0.15) is 0 Å². The number of carbonyl (C=O) groups is 1. The summed E-state index contributed by atoms with van der Waals surface area (Å²) in [5.41, 5.74) is 0.308. The molecular formula is C17H31NO3. The third-order valence-electron chi connectivity index (χ3n) is 6.13. The molecule has 2 aliphatic rings. The molecular weight excluding hydrogens is 266 g/mol. The molecule has 4 nitrogen and oxygen atoms in total. The van der Waals surface area contributed by atoms with Crippen molar-refractivity contribution in [1.82, 2.24) is 4.90 Å². The monoisotopic (exact) mass is 297 g/mol. The van der Waals surface area contributed by atoms with Crippen LogP contribution in [0.25, 0.3) is 0 Å². The van der Waals surface area contributed by atoms with Crippen LogP contribution in [-0.4, -0.2) is 48.3 Å². The van der Waals surface area contributed by atoms with Gasteiger partial charge in [-0.1, -0.05) is 27.2 Å². The van der Waals surface area contributed by atoms with Gasteiger partial charge in [0.15, 0.2) is 0 Å². The topological polar surface area (TPSA) is 49.8 Å². The predicted octanol–water partition coefficient (Wildman–Crippen LogP) is 3.01. The van der Waals surface area contributed by atoms with Gasteiger partial charge >= 0.3 is 5.97 Å². The molecule has 4 heteroatoms. The highest BCUT2D eigenvalue weighted by molar-refractivity contribution is 5.71. The molecule has 2 fully saturated rings. The van der Waals surface area contributed by atoms with Gasteiger partial charge in [-0.05, 0) is 37.0 Å². The number of aliphatic carboxylic acids is 1. The molecule has 4 unspecified atom stereocenters. The van der Waals surface area contributed by atoms with Crippen LogP contribution in [0.15, 0.2) is 0 Å². The van der Waals surface area contributed by atoms with E-state index >= 15 is 0 Å². The summed E-state index contributed by atoms with van der Waals surface area (Å²) in [5.74, 6) is -0.192. The Morgan fingerprint density at radius 3 is 2.57 bits per heavy atom. The Kier molecular flexibility index (Phi) is 5.31. The number of carboxylic acids is 1. The molecule has 0 aromatic heterocycles. The second-order valence-electron chi connectivity index (χ2n) is 7.51. The summed E-state index contributed by atoms with van der Waals surface area (Å²) < 4.78 is 5.45. The van der Waals surface area contributed by atoms with E-state index < -0.39 is 5.97 Å². The summed E-state index contributed by atoms with van der Waals surface area (Å²) in [6, 6.07) is 0.187. The Hall–Kier alpha value is -0.610. The van der Waals surface area contributed by atoms with Crippen LogP contribution < -0.4 is 0 Å². The third-order valence-corrected chi connectivity index (χ3v) is 6.13. The van der Waals surface area contributed by atoms with Gasteiger partial charge in [-0.3, -0.25) is 9.69 Å². The van der Waals surface area contributed by atoms with Gasteiger partial charge in [-0.25, -0.2) is 0 Å². The van der Waals surface area contributed by atoms with Gasteiger partial charge in [0, 0.05) is 26.2 Å². The Bertz CT molecular complexity index is 369. The van der Waals surface area contributed by atoms with Crippen LogP contribution in [0, 0.1) is 17.3 Å². The van der Waals surface area contributed by atoms with Crippen molar-refractivity contribution in [2.45, 2.75) is 65.0 Å². The number of methoxy groups -OCH3 is 1. The maximum atomic E-state index is 11.6. The first kappa shape index (κ1) is 16.8. The van der Waals surface area contributed by atoms with Gasteiger partial charge in [0.05, 0.1) is 12.0 Å². The summed E-state index contributed by atoms with van der Waals surface area (Å²) in [6.07, 6.45) is 5.36. The van der Waals surface area contributed by atoms with Gasteiger partial charge < -0.3 is 9.84 Å². The standard InChI is InChI=1S/C17H31NO3/c1-5-17(2,3)12-6-7-14(16(19)20)15(10-12)18-9-8-13(11-18)21-4/h12-15H,5-11H2,1-4H3,(H,19,20). The number of hydrogen-bond donors (Lipinski definition) is 1. The fourth-order valence-corrected chi connectivity index (χ4v) is 4.08. The van der Waals surface area contributed by atoms with Crippen LogP contribution in [0.5, 0.6) is 0 Å². The highest BCUT2D eigenvalue weighted by atomic mass is 16.5. The van der Waals surface area contributed by atoms with Crippen molar-refractivity contribution in [3.63, 3.8) is 0 Å². The first-order valence-corrected chi connectivity index (χ1v) is 8.38. The van der Waals surface area contributed by atoms with Crippen molar-refractivity contribution in [2.75, 3.05) is 20.2 Å². The Morgan fingerprint density at radius 2 is 2.05 bits per heavy atom. The Labute approximate surface area is 128 Å². The van der Waals surface area contributed by atoms with E-state index in [9.17, 15) is 9.90 Å².